The van der Waals surface area contributed by atoms with Gasteiger partial charge in [0.05, 0.1) is 24.3 Å². The number of amides is 1. The molecule has 0 saturated carbocycles. The summed E-state index contributed by atoms with van der Waals surface area (Å²) in [6.45, 7) is 5.51. The molecule has 28 heavy (non-hydrogen) atoms. The number of aryl methyl sites for hydroxylation is 1. The van der Waals surface area contributed by atoms with Gasteiger partial charge in [-0.1, -0.05) is 23.7 Å². The molecule has 0 unspecified atom stereocenters. The second kappa shape index (κ2) is 8.93. The van der Waals surface area contributed by atoms with E-state index >= 15 is 0 Å². The molecule has 2 heterocycles. The summed E-state index contributed by atoms with van der Waals surface area (Å²) < 4.78 is 7.81. The molecule has 0 saturated heterocycles. The van der Waals surface area contributed by atoms with E-state index in [1.54, 1.807) is 30.3 Å². The second-order valence-corrected chi connectivity index (χ2v) is 7.16. The van der Waals surface area contributed by atoms with Gasteiger partial charge in [-0.2, -0.15) is 0 Å². The van der Waals surface area contributed by atoms with Gasteiger partial charge >= 0.3 is 0 Å². The number of ether oxygens (including phenoxy) is 1. The third-order valence-corrected chi connectivity index (χ3v) is 4.92. The van der Waals surface area contributed by atoms with E-state index in [9.17, 15) is 4.79 Å². The van der Waals surface area contributed by atoms with Gasteiger partial charge in [0.1, 0.15) is 12.4 Å². The summed E-state index contributed by atoms with van der Waals surface area (Å²) in [5.74, 6) is 0.678. The van der Waals surface area contributed by atoms with Crippen LogP contribution in [0.4, 0.5) is 0 Å². The highest BCUT2D eigenvalue weighted by Gasteiger charge is 2.19. The highest BCUT2D eigenvalue weighted by molar-refractivity contribution is 6.30. The van der Waals surface area contributed by atoms with Gasteiger partial charge in [0.15, 0.2) is 0 Å². The van der Waals surface area contributed by atoms with Crippen molar-refractivity contribution in [3.63, 3.8) is 0 Å². The van der Waals surface area contributed by atoms with Crippen molar-refractivity contribution in [3.05, 3.63) is 82.4 Å². The van der Waals surface area contributed by atoms with Crippen LogP contribution in [-0.2, 0) is 6.54 Å². The van der Waals surface area contributed by atoms with Crippen molar-refractivity contribution in [3.8, 4) is 5.75 Å². The van der Waals surface area contributed by atoms with Crippen LogP contribution in [-0.4, -0.2) is 40.6 Å². The third kappa shape index (κ3) is 4.73. The zero-order valence-corrected chi connectivity index (χ0v) is 17.1. The summed E-state index contributed by atoms with van der Waals surface area (Å²) in [6, 6.07) is 15.0. The minimum atomic E-state index is -0.0185. The number of hydrogen-bond acceptors (Lipinski definition) is 3. The first-order valence-electron chi connectivity index (χ1n) is 9.16. The Morgan fingerprint density at radius 1 is 1.18 bits per heavy atom. The Morgan fingerprint density at radius 2 is 2.00 bits per heavy atom. The number of benzene rings is 1. The fourth-order valence-electron chi connectivity index (χ4n) is 3.08. The Hall–Kier alpha value is -2.79. The molecule has 0 atom stereocenters. The Balaban J connectivity index is 1.64. The second-order valence-electron chi connectivity index (χ2n) is 6.72. The molecule has 146 valence electrons. The van der Waals surface area contributed by atoms with Crippen LogP contribution >= 0.6 is 11.6 Å². The number of pyridine rings is 1. The standard InChI is InChI=1S/C22H24ClN3O2/c1-16-13-21(17(2)26(16)15-19-8-4-5-10-24-19)22(27)25(3)11-12-28-20-9-6-7-18(23)14-20/h4-10,13-14H,11-12,15H2,1-3H3. The van der Waals surface area contributed by atoms with Crippen molar-refractivity contribution < 1.29 is 9.53 Å². The van der Waals surface area contributed by atoms with Gasteiger partial charge in [0, 0.05) is 29.7 Å². The maximum atomic E-state index is 12.9. The topological polar surface area (TPSA) is 47.4 Å². The Kier molecular flexibility index (Phi) is 6.37. The summed E-state index contributed by atoms with van der Waals surface area (Å²) in [5, 5.41) is 0.627. The van der Waals surface area contributed by atoms with Crippen LogP contribution in [0.2, 0.25) is 5.02 Å². The van der Waals surface area contributed by atoms with E-state index in [0.29, 0.717) is 36.0 Å². The maximum Gasteiger partial charge on any atom is 0.255 e. The zero-order chi connectivity index (χ0) is 20.1. The van der Waals surface area contributed by atoms with Crippen LogP contribution < -0.4 is 4.74 Å². The summed E-state index contributed by atoms with van der Waals surface area (Å²) in [6.07, 6.45) is 1.78. The Bertz CT molecular complexity index is 954. The number of nitrogens with zero attached hydrogens (tertiary/aromatic N) is 3. The van der Waals surface area contributed by atoms with E-state index in [0.717, 1.165) is 17.1 Å². The first kappa shape index (κ1) is 20.0. The highest BCUT2D eigenvalue weighted by atomic mass is 35.5. The number of aromatic nitrogens is 2. The van der Waals surface area contributed by atoms with E-state index in [2.05, 4.69) is 9.55 Å². The normalized spacial score (nSPS) is 10.7. The van der Waals surface area contributed by atoms with Crippen LogP contribution in [0.1, 0.15) is 27.4 Å². The molecule has 1 amide bonds. The minimum Gasteiger partial charge on any atom is -0.492 e. The average molecular weight is 398 g/mol. The average Bonchev–Trinajstić information content (AvgIpc) is 2.96. The van der Waals surface area contributed by atoms with E-state index < -0.39 is 0 Å². The van der Waals surface area contributed by atoms with Crippen LogP contribution in [0.15, 0.2) is 54.7 Å². The van der Waals surface area contributed by atoms with Crippen LogP contribution in [0.5, 0.6) is 5.75 Å². The molecule has 2 aromatic heterocycles. The predicted octanol–water partition coefficient (Wildman–Crippen LogP) is 4.35. The fourth-order valence-corrected chi connectivity index (χ4v) is 3.26. The number of carbonyl (C=O) groups is 1. The Morgan fingerprint density at radius 3 is 2.71 bits per heavy atom. The lowest BCUT2D eigenvalue weighted by molar-refractivity contribution is 0.0773. The highest BCUT2D eigenvalue weighted by Crippen LogP contribution is 2.19. The molecule has 1 aromatic carbocycles. The summed E-state index contributed by atoms with van der Waals surface area (Å²) >= 11 is 5.96. The molecule has 0 aliphatic heterocycles. The molecule has 0 aliphatic rings. The van der Waals surface area contributed by atoms with Crippen molar-refractivity contribution >= 4 is 17.5 Å². The molecular formula is C22H24ClN3O2. The minimum absolute atomic E-state index is 0.0185. The summed E-state index contributed by atoms with van der Waals surface area (Å²) in [7, 11) is 1.79. The van der Waals surface area contributed by atoms with E-state index in [-0.39, 0.29) is 5.91 Å². The lowest BCUT2D eigenvalue weighted by Crippen LogP contribution is -2.31. The van der Waals surface area contributed by atoms with Gasteiger partial charge < -0.3 is 14.2 Å². The number of likely N-dealkylation sites (N-methyl/N-ethyl adjacent to an activating group) is 1. The first-order chi connectivity index (χ1) is 13.5. The van der Waals surface area contributed by atoms with Crippen LogP contribution in [0.25, 0.3) is 0 Å². The lowest BCUT2D eigenvalue weighted by atomic mass is 10.2. The van der Waals surface area contributed by atoms with Gasteiger partial charge in [-0.25, -0.2) is 0 Å². The van der Waals surface area contributed by atoms with Crippen molar-refractivity contribution in [2.24, 2.45) is 0 Å². The van der Waals surface area contributed by atoms with Crippen molar-refractivity contribution in [1.29, 1.82) is 0 Å². The van der Waals surface area contributed by atoms with Crippen molar-refractivity contribution in [1.82, 2.24) is 14.5 Å². The SMILES string of the molecule is Cc1cc(C(=O)N(C)CCOc2cccc(Cl)c2)c(C)n1Cc1ccccn1. The summed E-state index contributed by atoms with van der Waals surface area (Å²) in [5.41, 5.74) is 3.65. The van der Waals surface area contributed by atoms with Gasteiger partial charge in [-0.05, 0) is 50.2 Å². The largest absolute Gasteiger partial charge is 0.492 e. The van der Waals surface area contributed by atoms with Gasteiger partial charge in [0.25, 0.3) is 5.91 Å². The summed E-state index contributed by atoms with van der Waals surface area (Å²) in [4.78, 5) is 19.0. The number of rotatable bonds is 7. The van der Waals surface area contributed by atoms with E-state index in [1.165, 1.54) is 0 Å². The predicted molar refractivity (Wildman–Crippen MR) is 111 cm³/mol. The van der Waals surface area contributed by atoms with Gasteiger partial charge in [-0.3, -0.25) is 9.78 Å². The number of carbonyl (C=O) groups excluding carboxylic acids is 1. The molecule has 0 radical (unpaired) electrons. The molecule has 0 N–H and O–H groups in total. The maximum absolute atomic E-state index is 12.9. The van der Waals surface area contributed by atoms with Crippen molar-refractivity contribution in [2.45, 2.75) is 20.4 Å². The number of hydrogen-bond donors (Lipinski definition) is 0. The third-order valence-electron chi connectivity index (χ3n) is 4.69. The first-order valence-corrected chi connectivity index (χ1v) is 9.54. The van der Waals surface area contributed by atoms with Gasteiger partial charge in [0.2, 0.25) is 0 Å². The molecular weight excluding hydrogens is 374 g/mol. The number of halogens is 1. The Labute approximate surface area is 170 Å². The molecule has 0 spiro atoms. The molecule has 0 fully saturated rings. The van der Waals surface area contributed by atoms with E-state index in [1.807, 2.05) is 50.2 Å². The zero-order valence-electron chi connectivity index (χ0n) is 16.4. The molecule has 3 rings (SSSR count). The molecule has 5 nitrogen and oxygen atoms in total. The quantitative estimate of drug-likeness (QED) is 0.595. The smallest absolute Gasteiger partial charge is 0.255 e. The monoisotopic (exact) mass is 397 g/mol. The lowest BCUT2D eigenvalue weighted by Gasteiger charge is -2.18. The van der Waals surface area contributed by atoms with Gasteiger partial charge in [-0.15, -0.1) is 0 Å². The fraction of sp³-hybridized carbons (Fsp3) is 0.273. The molecule has 3 aromatic rings. The molecule has 0 aliphatic carbocycles. The molecule has 0 bridgehead atoms. The molecule has 6 heteroatoms. The van der Waals surface area contributed by atoms with Crippen LogP contribution in [0.3, 0.4) is 0 Å². The van der Waals surface area contributed by atoms with Crippen LogP contribution in [0, 0.1) is 13.8 Å². The van der Waals surface area contributed by atoms with E-state index in [4.69, 9.17) is 16.3 Å². The van der Waals surface area contributed by atoms with Crippen molar-refractivity contribution in [2.75, 3.05) is 20.2 Å².